The maximum atomic E-state index is 12.8. The summed E-state index contributed by atoms with van der Waals surface area (Å²) in [7, 11) is 0. The van der Waals surface area contributed by atoms with Crippen molar-refractivity contribution in [2.24, 2.45) is 5.92 Å². The molecule has 3 aromatic rings. The zero-order valence-electron chi connectivity index (χ0n) is 13.6. The van der Waals surface area contributed by atoms with Crippen molar-refractivity contribution in [2.75, 3.05) is 19.6 Å². The fraction of sp³-hybridized carbons (Fsp3) is 0.389. The van der Waals surface area contributed by atoms with Crippen LogP contribution < -0.4 is 5.32 Å². The second-order valence-corrected chi connectivity index (χ2v) is 7.60. The van der Waals surface area contributed by atoms with E-state index >= 15 is 0 Å². The molecule has 0 spiro atoms. The topological polar surface area (TPSA) is 71.3 Å². The summed E-state index contributed by atoms with van der Waals surface area (Å²) in [5, 5.41) is 4.11. The van der Waals surface area contributed by atoms with E-state index in [1.165, 1.54) is 37.5 Å². The molecule has 1 atom stereocenters. The van der Waals surface area contributed by atoms with Gasteiger partial charge in [0, 0.05) is 23.5 Å². The number of hydrogen-bond donors (Lipinski definition) is 1. The molecule has 1 amide bonds. The lowest BCUT2D eigenvalue weighted by atomic mass is 9.84. The predicted molar refractivity (Wildman–Crippen MR) is 95.5 cm³/mol. The number of carbonyl (C=O) groups is 1. The molecular formula is C18H18N4O2S. The molecule has 3 aliphatic heterocycles. The van der Waals surface area contributed by atoms with Crippen molar-refractivity contribution in [3.05, 3.63) is 36.4 Å². The van der Waals surface area contributed by atoms with E-state index in [4.69, 9.17) is 4.42 Å². The van der Waals surface area contributed by atoms with E-state index in [9.17, 15) is 4.79 Å². The van der Waals surface area contributed by atoms with Crippen molar-refractivity contribution >= 4 is 27.5 Å². The van der Waals surface area contributed by atoms with E-state index in [2.05, 4.69) is 19.6 Å². The Morgan fingerprint density at radius 1 is 1.32 bits per heavy atom. The minimum Gasteiger partial charge on any atom is -0.445 e. The standard InChI is InChI=1S/C18H18N4O2S/c23-17(20-14-10-22-6-3-11(14)4-7-22)16-13-2-1-12(9-15(13)25-21-16)18-19-5-8-24-18/h1-2,5,8-9,11,14H,3-4,6-7,10H2,(H,20,23)/t14-/m1/s1. The van der Waals surface area contributed by atoms with Crippen LogP contribution in [-0.2, 0) is 0 Å². The third-order valence-corrected chi connectivity index (χ3v) is 6.15. The van der Waals surface area contributed by atoms with Crippen LogP contribution in [0.2, 0.25) is 0 Å². The first-order chi connectivity index (χ1) is 12.3. The lowest BCUT2D eigenvalue weighted by Gasteiger charge is -2.44. The molecule has 2 aromatic heterocycles. The summed E-state index contributed by atoms with van der Waals surface area (Å²) >= 11 is 1.34. The molecular weight excluding hydrogens is 336 g/mol. The van der Waals surface area contributed by atoms with E-state index in [-0.39, 0.29) is 11.9 Å². The number of amides is 1. The van der Waals surface area contributed by atoms with Gasteiger partial charge < -0.3 is 14.6 Å². The summed E-state index contributed by atoms with van der Waals surface area (Å²) < 4.78 is 10.7. The number of oxazole rings is 1. The average Bonchev–Trinajstić information content (AvgIpc) is 3.32. The quantitative estimate of drug-likeness (QED) is 0.783. The Morgan fingerprint density at radius 3 is 2.92 bits per heavy atom. The van der Waals surface area contributed by atoms with Crippen LogP contribution in [0.4, 0.5) is 0 Å². The maximum absolute atomic E-state index is 12.8. The number of nitrogens with one attached hydrogen (secondary N) is 1. The summed E-state index contributed by atoms with van der Waals surface area (Å²) in [5.41, 5.74) is 1.42. The summed E-state index contributed by atoms with van der Waals surface area (Å²) in [6.45, 7) is 3.30. The number of benzene rings is 1. The molecule has 3 saturated heterocycles. The Kier molecular flexibility index (Phi) is 3.57. The van der Waals surface area contributed by atoms with Crippen molar-refractivity contribution in [1.82, 2.24) is 19.6 Å². The maximum Gasteiger partial charge on any atom is 0.271 e. The smallest absolute Gasteiger partial charge is 0.271 e. The molecule has 6 rings (SSSR count). The Labute approximate surface area is 149 Å². The highest BCUT2D eigenvalue weighted by Gasteiger charge is 2.35. The summed E-state index contributed by atoms with van der Waals surface area (Å²) in [4.78, 5) is 19.4. The predicted octanol–water partition coefficient (Wildman–Crippen LogP) is 2.78. The van der Waals surface area contributed by atoms with Gasteiger partial charge >= 0.3 is 0 Å². The number of piperidine rings is 3. The number of aromatic nitrogens is 2. The third kappa shape index (κ3) is 2.63. The Bertz CT molecular complexity index is 912. The second-order valence-electron chi connectivity index (χ2n) is 6.80. The molecule has 7 heteroatoms. The number of rotatable bonds is 3. The molecule has 1 aromatic carbocycles. The van der Waals surface area contributed by atoms with Crippen LogP contribution in [0.25, 0.3) is 21.5 Å². The number of fused-ring (bicyclic) bond motifs is 4. The van der Waals surface area contributed by atoms with Crippen LogP contribution in [0.15, 0.2) is 35.1 Å². The molecule has 3 fully saturated rings. The molecule has 0 radical (unpaired) electrons. The number of carbonyl (C=O) groups excluding carboxylic acids is 1. The van der Waals surface area contributed by atoms with Crippen molar-refractivity contribution in [1.29, 1.82) is 0 Å². The van der Waals surface area contributed by atoms with Crippen molar-refractivity contribution in [2.45, 2.75) is 18.9 Å². The van der Waals surface area contributed by atoms with Gasteiger partial charge in [0.1, 0.15) is 12.0 Å². The van der Waals surface area contributed by atoms with Crippen LogP contribution in [0.1, 0.15) is 23.3 Å². The first-order valence-electron chi connectivity index (χ1n) is 8.60. The molecule has 5 heterocycles. The van der Waals surface area contributed by atoms with Crippen LogP contribution in [0, 0.1) is 5.92 Å². The van der Waals surface area contributed by atoms with Gasteiger partial charge in [-0.15, -0.1) is 0 Å². The molecule has 1 N–H and O–H groups in total. The molecule has 2 bridgehead atoms. The second kappa shape index (κ2) is 5.93. The zero-order valence-corrected chi connectivity index (χ0v) is 14.5. The molecule has 6 nitrogen and oxygen atoms in total. The van der Waals surface area contributed by atoms with Gasteiger partial charge in [0.05, 0.1) is 10.9 Å². The monoisotopic (exact) mass is 354 g/mol. The molecule has 0 aliphatic carbocycles. The van der Waals surface area contributed by atoms with Gasteiger partial charge in [0.2, 0.25) is 5.89 Å². The SMILES string of the molecule is O=C(N[C@@H]1CN2CCC1CC2)c1nsc2cc(-c3ncco3)ccc12. The van der Waals surface area contributed by atoms with E-state index in [0.717, 1.165) is 22.2 Å². The van der Waals surface area contributed by atoms with Crippen LogP contribution in [0.5, 0.6) is 0 Å². The minimum atomic E-state index is -0.0612. The molecule has 25 heavy (non-hydrogen) atoms. The van der Waals surface area contributed by atoms with Crippen LogP contribution in [-0.4, -0.2) is 45.8 Å². The molecule has 128 valence electrons. The normalized spacial score (nSPS) is 25.4. The van der Waals surface area contributed by atoms with E-state index in [1.807, 2.05) is 18.2 Å². The van der Waals surface area contributed by atoms with Gasteiger partial charge in [0.15, 0.2) is 0 Å². The van der Waals surface area contributed by atoms with Gasteiger partial charge in [-0.25, -0.2) is 4.98 Å². The van der Waals surface area contributed by atoms with Crippen LogP contribution >= 0.6 is 11.5 Å². The summed E-state index contributed by atoms with van der Waals surface area (Å²) in [6.07, 6.45) is 5.54. The minimum absolute atomic E-state index is 0.0612. The number of nitrogens with zero attached hydrogens (tertiary/aromatic N) is 3. The Morgan fingerprint density at radius 2 is 2.20 bits per heavy atom. The van der Waals surface area contributed by atoms with Gasteiger partial charge in [-0.1, -0.05) is 6.07 Å². The van der Waals surface area contributed by atoms with E-state index in [0.29, 0.717) is 17.5 Å². The van der Waals surface area contributed by atoms with Gasteiger partial charge in [-0.3, -0.25) is 4.79 Å². The summed E-state index contributed by atoms with van der Waals surface area (Å²) in [6, 6.07) is 6.08. The first kappa shape index (κ1) is 15.0. The van der Waals surface area contributed by atoms with Crippen molar-refractivity contribution in [3.8, 4) is 11.5 Å². The van der Waals surface area contributed by atoms with Crippen LogP contribution in [0.3, 0.4) is 0 Å². The van der Waals surface area contributed by atoms with Crippen molar-refractivity contribution < 1.29 is 9.21 Å². The summed E-state index contributed by atoms with van der Waals surface area (Å²) in [5.74, 6) is 1.12. The number of hydrogen-bond acceptors (Lipinski definition) is 6. The fourth-order valence-corrected chi connectivity index (χ4v) is 4.78. The van der Waals surface area contributed by atoms with Gasteiger partial charge in [-0.05, 0) is 55.5 Å². The van der Waals surface area contributed by atoms with Gasteiger partial charge in [-0.2, -0.15) is 4.37 Å². The Hall–Kier alpha value is -2.25. The lowest BCUT2D eigenvalue weighted by Crippen LogP contribution is -2.57. The fourth-order valence-electron chi connectivity index (χ4n) is 3.97. The van der Waals surface area contributed by atoms with E-state index < -0.39 is 0 Å². The highest BCUT2D eigenvalue weighted by molar-refractivity contribution is 7.13. The molecule has 3 aliphatic rings. The largest absolute Gasteiger partial charge is 0.445 e. The highest BCUT2D eigenvalue weighted by Crippen LogP contribution is 2.30. The Balaban J connectivity index is 1.40. The molecule has 0 saturated carbocycles. The van der Waals surface area contributed by atoms with Crippen molar-refractivity contribution in [3.63, 3.8) is 0 Å². The average molecular weight is 354 g/mol. The van der Waals surface area contributed by atoms with Gasteiger partial charge in [0.25, 0.3) is 5.91 Å². The zero-order chi connectivity index (χ0) is 16.8. The lowest BCUT2D eigenvalue weighted by molar-refractivity contribution is 0.0619. The molecule has 0 unspecified atom stereocenters. The van der Waals surface area contributed by atoms with E-state index in [1.54, 1.807) is 12.5 Å². The highest BCUT2D eigenvalue weighted by atomic mass is 32.1. The third-order valence-electron chi connectivity index (χ3n) is 5.34. The first-order valence-corrected chi connectivity index (χ1v) is 9.38.